The lowest BCUT2D eigenvalue weighted by molar-refractivity contribution is -0.113. The number of nitrogens with one attached hydrogen (secondary N) is 1. The molecule has 4 heteroatoms. The second-order valence-corrected chi connectivity index (χ2v) is 4.40. The van der Waals surface area contributed by atoms with E-state index in [0.717, 1.165) is 18.8 Å². The summed E-state index contributed by atoms with van der Waals surface area (Å²) in [4.78, 5) is 13.4. The lowest BCUT2D eigenvalue weighted by atomic mass is 10.1. The van der Waals surface area contributed by atoms with Crippen molar-refractivity contribution in [3.05, 3.63) is 29.3 Å². The van der Waals surface area contributed by atoms with Gasteiger partial charge in [0.15, 0.2) is 0 Å². The van der Waals surface area contributed by atoms with Crippen LogP contribution in [0.2, 0.25) is 0 Å². The van der Waals surface area contributed by atoms with Crippen LogP contribution in [0.15, 0.2) is 18.2 Å². The number of halogens is 1. The zero-order valence-corrected chi connectivity index (χ0v) is 10.2. The van der Waals surface area contributed by atoms with Crippen LogP contribution in [-0.2, 0) is 17.9 Å². The van der Waals surface area contributed by atoms with Gasteiger partial charge in [-0.3, -0.25) is 9.69 Å². The average molecular weight is 269 g/mol. The van der Waals surface area contributed by atoms with Gasteiger partial charge in [0.25, 0.3) is 0 Å². The molecule has 0 aliphatic carbocycles. The molecule has 0 aromatic heterocycles. The molecular formula is C11H13BrN2O. The maximum atomic E-state index is 11.2. The Kier molecular flexibility index (Phi) is 3.07. The van der Waals surface area contributed by atoms with Gasteiger partial charge in [-0.25, -0.2) is 0 Å². The Morgan fingerprint density at radius 1 is 1.47 bits per heavy atom. The molecule has 0 atom stereocenters. The number of carbonyl (C=O) groups is 1. The Morgan fingerprint density at radius 2 is 2.20 bits per heavy atom. The van der Waals surface area contributed by atoms with E-state index >= 15 is 0 Å². The maximum absolute atomic E-state index is 11.2. The second kappa shape index (κ2) is 4.33. The van der Waals surface area contributed by atoms with E-state index in [-0.39, 0.29) is 5.91 Å². The summed E-state index contributed by atoms with van der Waals surface area (Å²) in [6.45, 7) is 1.97. The number of nitrogens with zero attached hydrogens (tertiary/aromatic N) is 1. The molecule has 0 radical (unpaired) electrons. The molecule has 0 fully saturated rings. The van der Waals surface area contributed by atoms with Gasteiger partial charge in [0, 0.05) is 18.8 Å². The van der Waals surface area contributed by atoms with Gasteiger partial charge in [-0.05, 0) is 30.3 Å². The van der Waals surface area contributed by atoms with E-state index in [1.54, 1.807) is 0 Å². The first kappa shape index (κ1) is 10.6. The van der Waals surface area contributed by atoms with Gasteiger partial charge >= 0.3 is 0 Å². The summed E-state index contributed by atoms with van der Waals surface area (Å²) in [5.41, 5.74) is 3.55. The van der Waals surface area contributed by atoms with Gasteiger partial charge in [-0.2, -0.15) is 0 Å². The second-order valence-electron chi connectivity index (χ2n) is 3.84. The van der Waals surface area contributed by atoms with Crippen LogP contribution in [0.5, 0.6) is 0 Å². The topological polar surface area (TPSA) is 32.3 Å². The highest BCUT2D eigenvalue weighted by atomic mass is 79.9. The molecule has 1 aromatic rings. The molecule has 3 nitrogen and oxygen atoms in total. The molecule has 1 aliphatic heterocycles. The predicted octanol–water partition coefficient (Wildman–Crippen LogP) is 1.97. The Bertz CT molecular complexity index is 392. The molecule has 0 saturated heterocycles. The highest BCUT2D eigenvalue weighted by Crippen LogP contribution is 2.24. The first-order valence-electron chi connectivity index (χ1n) is 4.85. The van der Waals surface area contributed by atoms with E-state index in [1.165, 1.54) is 11.1 Å². The molecule has 15 heavy (non-hydrogen) atoms. The molecule has 1 heterocycles. The smallest absolute Gasteiger partial charge is 0.235 e. The van der Waals surface area contributed by atoms with Crippen molar-refractivity contribution in [1.82, 2.24) is 4.90 Å². The van der Waals surface area contributed by atoms with Crippen molar-refractivity contribution in [2.75, 3.05) is 17.7 Å². The van der Waals surface area contributed by atoms with Gasteiger partial charge in [-0.15, -0.1) is 0 Å². The molecule has 0 unspecified atom stereocenters. The van der Waals surface area contributed by atoms with Gasteiger partial charge < -0.3 is 5.32 Å². The molecule has 0 bridgehead atoms. The van der Waals surface area contributed by atoms with Gasteiger partial charge in [0.05, 0.1) is 5.33 Å². The average Bonchev–Trinajstić information content (AvgIpc) is 2.57. The van der Waals surface area contributed by atoms with Crippen LogP contribution in [-0.4, -0.2) is 23.2 Å². The Balaban J connectivity index is 2.16. The fourth-order valence-corrected chi connectivity index (χ4v) is 1.98. The number of carbonyl (C=O) groups excluding carboxylic acids is 1. The van der Waals surface area contributed by atoms with E-state index < -0.39 is 0 Å². The van der Waals surface area contributed by atoms with E-state index in [2.05, 4.69) is 45.3 Å². The lowest BCUT2D eigenvalue weighted by Crippen LogP contribution is -2.12. The molecular weight excluding hydrogens is 256 g/mol. The van der Waals surface area contributed by atoms with Crippen molar-refractivity contribution >= 4 is 27.5 Å². The van der Waals surface area contributed by atoms with E-state index in [1.807, 2.05) is 6.07 Å². The van der Waals surface area contributed by atoms with Crippen molar-refractivity contribution in [1.29, 1.82) is 0 Å². The summed E-state index contributed by atoms with van der Waals surface area (Å²) in [5, 5.41) is 3.17. The van der Waals surface area contributed by atoms with Gasteiger partial charge in [0.1, 0.15) is 0 Å². The summed E-state index contributed by atoms with van der Waals surface area (Å²) < 4.78 is 0. The quantitative estimate of drug-likeness (QED) is 0.832. The van der Waals surface area contributed by atoms with Crippen LogP contribution >= 0.6 is 15.9 Å². The van der Waals surface area contributed by atoms with Crippen LogP contribution in [0.4, 0.5) is 5.69 Å². The number of rotatable bonds is 2. The van der Waals surface area contributed by atoms with Crippen LogP contribution in [0.25, 0.3) is 0 Å². The third kappa shape index (κ3) is 2.38. The minimum Gasteiger partial charge on any atom is -0.325 e. The molecule has 1 amide bonds. The highest BCUT2D eigenvalue weighted by Gasteiger charge is 2.15. The van der Waals surface area contributed by atoms with Gasteiger partial charge in [0.2, 0.25) is 5.91 Å². The molecule has 80 valence electrons. The Labute approximate surface area is 97.6 Å². The number of amides is 1. The van der Waals surface area contributed by atoms with Crippen LogP contribution < -0.4 is 5.32 Å². The van der Waals surface area contributed by atoms with Gasteiger partial charge in [-0.1, -0.05) is 22.0 Å². The largest absolute Gasteiger partial charge is 0.325 e. The Morgan fingerprint density at radius 3 is 2.93 bits per heavy atom. The fraction of sp³-hybridized carbons (Fsp3) is 0.364. The van der Waals surface area contributed by atoms with Crippen molar-refractivity contribution in [3.63, 3.8) is 0 Å². The normalized spacial score (nSPS) is 15.1. The first-order chi connectivity index (χ1) is 7.19. The lowest BCUT2D eigenvalue weighted by Gasteiger charge is -2.05. The minimum atomic E-state index is -0.0127. The van der Waals surface area contributed by atoms with Crippen LogP contribution in [0, 0.1) is 0 Å². The number of hydrogen-bond acceptors (Lipinski definition) is 2. The molecule has 1 aromatic carbocycles. The van der Waals surface area contributed by atoms with E-state index in [4.69, 9.17) is 0 Å². The fourth-order valence-electron chi connectivity index (χ4n) is 1.84. The highest BCUT2D eigenvalue weighted by molar-refractivity contribution is 9.09. The monoisotopic (exact) mass is 268 g/mol. The predicted molar refractivity (Wildman–Crippen MR) is 64.0 cm³/mol. The molecule has 1 N–H and O–H groups in total. The van der Waals surface area contributed by atoms with Crippen LogP contribution in [0.3, 0.4) is 0 Å². The Hall–Kier alpha value is -0.870. The number of hydrogen-bond donors (Lipinski definition) is 1. The summed E-state index contributed by atoms with van der Waals surface area (Å²) in [5.74, 6) is -0.0127. The molecule has 0 saturated carbocycles. The van der Waals surface area contributed by atoms with Crippen molar-refractivity contribution < 1.29 is 4.79 Å². The van der Waals surface area contributed by atoms with Crippen molar-refractivity contribution in [2.45, 2.75) is 13.1 Å². The standard InChI is InChI=1S/C11H13BrN2O/c1-14-6-8-2-3-10(4-9(8)7-14)13-11(15)5-12/h2-4H,5-7H2,1H3,(H,13,15). The minimum absolute atomic E-state index is 0.0127. The molecule has 1 aliphatic rings. The zero-order valence-electron chi connectivity index (χ0n) is 8.59. The van der Waals surface area contributed by atoms with E-state index in [9.17, 15) is 4.79 Å². The summed E-state index contributed by atoms with van der Waals surface area (Å²) >= 11 is 3.12. The summed E-state index contributed by atoms with van der Waals surface area (Å²) in [7, 11) is 2.09. The summed E-state index contributed by atoms with van der Waals surface area (Å²) in [6.07, 6.45) is 0. The van der Waals surface area contributed by atoms with E-state index in [0.29, 0.717) is 5.33 Å². The number of fused-ring (bicyclic) bond motifs is 1. The third-order valence-corrected chi connectivity index (χ3v) is 3.00. The molecule has 0 spiro atoms. The van der Waals surface area contributed by atoms with Crippen LogP contribution in [0.1, 0.15) is 11.1 Å². The maximum Gasteiger partial charge on any atom is 0.235 e. The molecule has 2 rings (SSSR count). The van der Waals surface area contributed by atoms with Crippen molar-refractivity contribution in [2.24, 2.45) is 0 Å². The first-order valence-corrected chi connectivity index (χ1v) is 5.97. The number of anilines is 1. The van der Waals surface area contributed by atoms with Crippen molar-refractivity contribution in [3.8, 4) is 0 Å². The third-order valence-electron chi connectivity index (χ3n) is 2.49. The SMILES string of the molecule is CN1Cc2ccc(NC(=O)CBr)cc2C1. The number of benzene rings is 1. The zero-order chi connectivity index (χ0) is 10.8. The number of alkyl halides is 1. The summed E-state index contributed by atoms with van der Waals surface area (Å²) in [6, 6.07) is 6.10.